The molecule has 0 aromatic rings. The van der Waals surface area contributed by atoms with E-state index in [2.05, 4.69) is 98.9 Å². The van der Waals surface area contributed by atoms with E-state index >= 15 is 0 Å². The van der Waals surface area contributed by atoms with E-state index in [0.717, 1.165) is 96.3 Å². The van der Waals surface area contributed by atoms with Crippen molar-refractivity contribution in [3.05, 3.63) is 85.1 Å². The van der Waals surface area contributed by atoms with Crippen LogP contribution in [0.15, 0.2) is 85.1 Å². The van der Waals surface area contributed by atoms with Crippen LogP contribution in [0.25, 0.3) is 0 Å². The summed E-state index contributed by atoms with van der Waals surface area (Å²) in [5.41, 5.74) is 0. The second-order valence-corrected chi connectivity index (χ2v) is 20.8. The molecule has 2 rings (SSSR count). The van der Waals surface area contributed by atoms with Gasteiger partial charge in [0.2, 0.25) is 0 Å². The number of hydrogen-bond acceptors (Lipinski definition) is 14. The number of aliphatic hydroxyl groups excluding tert-OH is 7. The van der Waals surface area contributed by atoms with E-state index < -0.39 is 80.7 Å². The van der Waals surface area contributed by atoms with E-state index in [1.54, 1.807) is 0 Å². The minimum atomic E-state index is -1.71. The number of allylic oxidation sites excluding steroid dienone is 14. The lowest BCUT2D eigenvalue weighted by molar-refractivity contribution is -0.332. The molecule has 2 saturated heterocycles. The van der Waals surface area contributed by atoms with Crippen LogP contribution in [-0.4, -0.2) is 142 Å². The third-order valence-corrected chi connectivity index (χ3v) is 13.9. The molecule has 2 aliphatic rings. The maximum Gasteiger partial charge on any atom is 0.306 e. The molecule has 444 valence electrons. The Hall–Kier alpha value is -2.83. The second-order valence-electron chi connectivity index (χ2n) is 20.8. The zero-order chi connectivity index (χ0) is 55.8. The minimum Gasteiger partial charge on any atom is -0.457 e. The van der Waals surface area contributed by atoms with Crippen LogP contribution < -0.4 is 0 Å². The maximum atomic E-state index is 13.1. The molecule has 0 aromatic heterocycles. The SMILES string of the molecule is CC/C=C\C/C=C\C/C=C\C/C=C\C/C=C\C/C=C\CCCCCCCCCOCC(COC1OC(COC2OC(CO)C(O)C(O)C2O)C(O)C(O)C1O)OC(=O)CCCCCCCCC/C=C\CCCCCCCC. The van der Waals surface area contributed by atoms with Gasteiger partial charge < -0.3 is 64.2 Å². The van der Waals surface area contributed by atoms with Crippen LogP contribution in [0.3, 0.4) is 0 Å². The fourth-order valence-electron chi connectivity index (χ4n) is 9.05. The van der Waals surface area contributed by atoms with E-state index in [1.807, 2.05) is 0 Å². The lowest BCUT2D eigenvalue weighted by Gasteiger charge is -2.42. The highest BCUT2D eigenvalue weighted by atomic mass is 16.7. The highest BCUT2D eigenvalue weighted by molar-refractivity contribution is 5.69. The minimum absolute atomic E-state index is 0.0478. The molecular weight excluding hydrogens is 981 g/mol. The van der Waals surface area contributed by atoms with Gasteiger partial charge in [0, 0.05) is 13.0 Å². The Labute approximate surface area is 465 Å². The van der Waals surface area contributed by atoms with Crippen LogP contribution in [0.1, 0.15) is 206 Å². The number of carbonyl (C=O) groups excluding carboxylic acids is 1. The van der Waals surface area contributed by atoms with Crippen LogP contribution in [0.5, 0.6) is 0 Å². The predicted molar refractivity (Wildman–Crippen MR) is 307 cm³/mol. The Kier molecular flexibility index (Phi) is 44.7. The third-order valence-electron chi connectivity index (χ3n) is 13.9. The molecule has 0 aromatic carbocycles. The molecule has 11 unspecified atom stereocenters. The van der Waals surface area contributed by atoms with Gasteiger partial charge in [0.15, 0.2) is 12.6 Å². The van der Waals surface area contributed by atoms with Crippen molar-refractivity contribution in [1.29, 1.82) is 0 Å². The predicted octanol–water partition coefficient (Wildman–Crippen LogP) is 11.2. The zero-order valence-corrected chi connectivity index (χ0v) is 47.7. The molecule has 11 atom stereocenters. The van der Waals surface area contributed by atoms with Crippen LogP contribution >= 0.6 is 0 Å². The summed E-state index contributed by atoms with van der Waals surface area (Å²) in [6.07, 6.45) is 47.8. The maximum absolute atomic E-state index is 13.1. The smallest absolute Gasteiger partial charge is 0.306 e. The molecule has 0 spiro atoms. The molecule has 14 nitrogen and oxygen atoms in total. The van der Waals surface area contributed by atoms with Gasteiger partial charge in [0.1, 0.15) is 54.9 Å². The molecular formula is C63H108O14. The first-order chi connectivity index (χ1) is 37.6. The first-order valence-corrected chi connectivity index (χ1v) is 30.2. The summed E-state index contributed by atoms with van der Waals surface area (Å²) in [5.74, 6) is -0.387. The summed E-state index contributed by atoms with van der Waals surface area (Å²) in [5, 5.41) is 72.4. The largest absolute Gasteiger partial charge is 0.457 e. The molecule has 2 heterocycles. The average Bonchev–Trinajstić information content (AvgIpc) is 3.43. The zero-order valence-electron chi connectivity index (χ0n) is 47.7. The molecule has 0 saturated carbocycles. The topological polar surface area (TPSA) is 214 Å². The Balaban J connectivity index is 1.70. The quantitative estimate of drug-likeness (QED) is 0.0172. The van der Waals surface area contributed by atoms with Gasteiger partial charge in [-0.3, -0.25) is 4.79 Å². The summed E-state index contributed by atoms with van der Waals surface area (Å²) in [7, 11) is 0. The van der Waals surface area contributed by atoms with Gasteiger partial charge in [-0.2, -0.15) is 0 Å². The molecule has 2 fully saturated rings. The number of esters is 1. The van der Waals surface area contributed by atoms with Crippen molar-refractivity contribution in [2.45, 2.75) is 274 Å². The standard InChI is InChI=1S/C63H108O14/c1-3-5-7-9-11-13-15-17-19-21-22-23-24-25-26-27-28-29-31-33-35-37-39-41-43-45-47-72-49-52(75-55(65)46-44-42-40-38-36-34-32-30-20-18-16-14-12-10-8-6-4-2)50-73-62-61(71)59(69)57(67)54(77-62)51-74-63-60(70)58(68)56(66)53(48-64)76-63/h5,7,11,13,17-20,22-23,25-26,28-29,52-54,56-64,66-71H,3-4,6,8-10,12,14-16,21,24,27,30-51H2,1-2H3/b7-5-,13-11-,19-17-,20-18-,23-22-,26-25-,29-28-. The van der Waals surface area contributed by atoms with Crippen LogP contribution in [0.2, 0.25) is 0 Å². The van der Waals surface area contributed by atoms with Crippen molar-refractivity contribution < 1.29 is 69.0 Å². The summed E-state index contributed by atoms with van der Waals surface area (Å²) in [6, 6.07) is 0. The Morgan fingerprint density at radius 2 is 0.844 bits per heavy atom. The van der Waals surface area contributed by atoms with Crippen molar-refractivity contribution in [3.8, 4) is 0 Å². The van der Waals surface area contributed by atoms with Gasteiger partial charge in [-0.25, -0.2) is 0 Å². The summed E-state index contributed by atoms with van der Waals surface area (Å²) < 4.78 is 34.4. The van der Waals surface area contributed by atoms with Gasteiger partial charge >= 0.3 is 5.97 Å². The van der Waals surface area contributed by atoms with Crippen LogP contribution in [0, 0.1) is 0 Å². The fourth-order valence-corrected chi connectivity index (χ4v) is 9.05. The van der Waals surface area contributed by atoms with E-state index in [1.165, 1.54) is 83.5 Å². The first-order valence-electron chi connectivity index (χ1n) is 30.2. The average molecular weight is 1090 g/mol. The lowest BCUT2D eigenvalue weighted by atomic mass is 9.98. The number of ether oxygens (including phenoxy) is 6. The third kappa shape index (κ3) is 35.5. The molecule has 14 heteroatoms. The first kappa shape index (κ1) is 70.3. The van der Waals surface area contributed by atoms with E-state index in [4.69, 9.17) is 28.4 Å². The normalized spacial score (nSPS) is 24.9. The molecule has 0 amide bonds. The van der Waals surface area contributed by atoms with Gasteiger partial charge in [-0.1, -0.05) is 195 Å². The van der Waals surface area contributed by atoms with Gasteiger partial charge in [0.05, 0.1) is 26.4 Å². The van der Waals surface area contributed by atoms with Crippen molar-refractivity contribution in [3.63, 3.8) is 0 Å². The molecule has 0 bridgehead atoms. The number of rotatable bonds is 48. The Morgan fingerprint density at radius 1 is 0.442 bits per heavy atom. The van der Waals surface area contributed by atoms with E-state index in [9.17, 15) is 40.5 Å². The van der Waals surface area contributed by atoms with Gasteiger partial charge in [-0.15, -0.1) is 0 Å². The highest BCUT2D eigenvalue weighted by Gasteiger charge is 2.47. The molecule has 0 radical (unpaired) electrons. The van der Waals surface area contributed by atoms with E-state index in [0.29, 0.717) is 13.0 Å². The number of aliphatic hydroxyl groups is 7. The van der Waals surface area contributed by atoms with Crippen LogP contribution in [-0.2, 0) is 33.2 Å². The Bertz CT molecular complexity index is 1590. The molecule has 77 heavy (non-hydrogen) atoms. The highest BCUT2D eigenvalue weighted by Crippen LogP contribution is 2.26. The summed E-state index contributed by atoms with van der Waals surface area (Å²) >= 11 is 0. The summed E-state index contributed by atoms with van der Waals surface area (Å²) in [4.78, 5) is 13.1. The molecule has 7 N–H and O–H groups in total. The van der Waals surface area contributed by atoms with Crippen molar-refractivity contribution in [2.75, 3.05) is 33.0 Å². The van der Waals surface area contributed by atoms with Crippen molar-refractivity contribution in [1.82, 2.24) is 0 Å². The van der Waals surface area contributed by atoms with Crippen molar-refractivity contribution >= 4 is 5.97 Å². The fraction of sp³-hybridized carbons (Fsp3) is 0.762. The lowest BCUT2D eigenvalue weighted by Crippen LogP contribution is -2.61. The Morgan fingerprint density at radius 3 is 1.34 bits per heavy atom. The van der Waals surface area contributed by atoms with E-state index in [-0.39, 0.29) is 25.6 Å². The number of hydrogen-bond donors (Lipinski definition) is 7. The van der Waals surface area contributed by atoms with Gasteiger partial charge in [0.25, 0.3) is 0 Å². The monoisotopic (exact) mass is 1090 g/mol. The molecule has 2 aliphatic heterocycles. The van der Waals surface area contributed by atoms with Gasteiger partial charge in [-0.05, 0) is 89.9 Å². The van der Waals surface area contributed by atoms with Crippen molar-refractivity contribution in [2.24, 2.45) is 0 Å². The molecule has 0 aliphatic carbocycles. The number of carbonyl (C=O) groups is 1. The summed E-state index contributed by atoms with van der Waals surface area (Å²) in [6.45, 7) is 3.54. The number of unbranched alkanes of at least 4 members (excludes halogenated alkanes) is 20. The second kappa shape index (κ2) is 49.0. The van der Waals surface area contributed by atoms with Crippen LogP contribution in [0.4, 0.5) is 0 Å².